The van der Waals surface area contributed by atoms with E-state index in [1.54, 1.807) is 6.07 Å². The first-order valence-corrected chi connectivity index (χ1v) is 6.42. The Morgan fingerprint density at radius 2 is 2.00 bits per heavy atom. The van der Waals surface area contributed by atoms with Gasteiger partial charge in [0.25, 0.3) is 0 Å². The number of hydrogen-bond acceptors (Lipinski definition) is 3. The molecule has 0 spiro atoms. The molecule has 2 rings (SSSR count). The molecule has 2 aromatic rings. The fourth-order valence-electron chi connectivity index (χ4n) is 1.69. The Bertz CT molecular complexity index is 731. The van der Waals surface area contributed by atoms with Crippen LogP contribution in [-0.2, 0) is 11.0 Å². The van der Waals surface area contributed by atoms with Gasteiger partial charge in [0.2, 0.25) is 5.91 Å². The Labute approximate surface area is 127 Å². The Balaban J connectivity index is 2.41. The number of hydrogen-bond donors (Lipinski definition) is 1. The number of rotatable bonds is 3. The van der Waals surface area contributed by atoms with Gasteiger partial charge in [-0.2, -0.15) is 23.5 Å². The van der Waals surface area contributed by atoms with Gasteiger partial charge in [-0.1, -0.05) is 0 Å². The van der Waals surface area contributed by atoms with Gasteiger partial charge in [0.15, 0.2) is 5.69 Å². The van der Waals surface area contributed by atoms with Gasteiger partial charge in [0.05, 0.1) is 11.3 Å². The largest absolute Gasteiger partial charge is 0.416 e. The monoisotopic (exact) mass is 328 g/mol. The molecule has 0 atom stereocenters. The van der Waals surface area contributed by atoms with Crippen molar-refractivity contribution in [3.05, 3.63) is 41.6 Å². The van der Waals surface area contributed by atoms with E-state index in [2.05, 4.69) is 10.4 Å². The number of aromatic nitrogens is 2. The summed E-state index contributed by atoms with van der Waals surface area (Å²) < 4.78 is 38.8. The van der Waals surface area contributed by atoms with Crippen molar-refractivity contribution in [1.29, 1.82) is 5.26 Å². The van der Waals surface area contributed by atoms with Crippen molar-refractivity contribution in [3.63, 3.8) is 0 Å². The molecule has 1 N–H and O–H groups in total. The number of amides is 1. The number of nitrogens with one attached hydrogen (secondary N) is 1. The van der Waals surface area contributed by atoms with Crippen molar-refractivity contribution in [2.75, 3.05) is 11.2 Å². The number of alkyl halides is 4. The summed E-state index contributed by atoms with van der Waals surface area (Å²) in [6.07, 6.45) is -4.45. The fraction of sp³-hybridized carbons (Fsp3) is 0.154. The summed E-state index contributed by atoms with van der Waals surface area (Å²) in [6, 6.07) is 7.23. The Morgan fingerprint density at radius 3 is 2.50 bits per heavy atom. The average molecular weight is 329 g/mol. The van der Waals surface area contributed by atoms with E-state index in [0.29, 0.717) is 0 Å². The quantitative estimate of drug-likeness (QED) is 0.881. The minimum absolute atomic E-state index is 0.00442. The number of benzene rings is 1. The average Bonchev–Trinajstić information content (AvgIpc) is 2.89. The molecule has 1 heterocycles. The van der Waals surface area contributed by atoms with E-state index in [-0.39, 0.29) is 23.1 Å². The smallest absolute Gasteiger partial charge is 0.310 e. The van der Waals surface area contributed by atoms with Crippen LogP contribution >= 0.6 is 11.6 Å². The first-order chi connectivity index (χ1) is 10.3. The Hall–Kier alpha value is -2.53. The third-order valence-corrected chi connectivity index (χ3v) is 2.89. The van der Waals surface area contributed by atoms with Gasteiger partial charge < -0.3 is 5.32 Å². The van der Waals surface area contributed by atoms with E-state index in [9.17, 15) is 18.0 Å². The second kappa shape index (κ2) is 6.07. The molecule has 0 aliphatic rings. The predicted molar refractivity (Wildman–Crippen MR) is 72.6 cm³/mol. The molecule has 22 heavy (non-hydrogen) atoms. The van der Waals surface area contributed by atoms with Crippen LogP contribution in [0.25, 0.3) is 5.69 Å². The van der Waals surface area contributed by atoms with Crippen LogP contribution in [0.2, 0.25) is 0 Å². The van der Waals surface area contributed by atoms with Crippen molar-refractivity contribution in [2.45, 2.75) is 6.18 Å². The van der Waals surface area contributed by atoms with Gasteiger partial charge in [-0.25, -0.2) is 4.68 Å². The maximum absolute atomic E-state index is 12.5. The van der Waals surface area contributed by atoms with E-state index in [0.717, 1.165) is 16.8 Å². The van der Waals surface area contributed by atoms with E-state index in [1.165, 1.54) is 18.2 Å². The summed E-state index contributed by atoms with van der Waals surface area (Å²) in [4.78, 5) is 11.3. The molecule has 0 saturated carbocycles. The molecule has 0 radical (unpaired) electrons. The van der Waals surface area contributed by atoms with Crippen molar-refractivity contribution in [3.8, 4) is 11.8 Å². The van der Waals surface area contributed by atoms with Crippen molar-refractivity contribution in [1.82, 2.24) is 9.78 Å². The highest BCUT2D eigenvalue weighted by Crippen LogP contribution is 2.30. The zero-order chi connectivity index (χ0) is 16.3. The minimum Gasteiger partial charge on any atom is -0.310 e. The predicted octanol–water partition coefficient (Wildman–Crippen LogP) is 2.94. The molecule has 5 nitrogen and oxygen atoms in total. The van der Waals surface area contributed by atoms with Crippen LogP contribution < -0.4 is 5.32 Å². The molecule has 114 valence electrons. The molecule has 0 saturated heterocycles. The second-order valence-corrected chi connectivity index (χ2v) is 4.43. The molecule has 1 aromatic heterocycles. The lowest BCUT2D eigenvalue weighted by atomic mass is 10.2. The van der Waals surface area contributed by atoms with Crippen molar-refractivity contribution >= 4 is 23.3 Å². The zero-order valence-electron chi connectivity index (χ0n) is 10.9. The van der Waals surface area contributed by atoms with Crippen LogP contribution in [0.4, 0.5) is 19.0 Å². The van der Waals surface area contributed by atoms with Crippen LogP contribution in [0, 0.1) is 11.3 Å². The van der Waals surface area contributed by atoms with Crippen molar-refractivity contribution in [2.24, 2.45) is 0 Å². The van der Waals surface area contributed by atoms with Crippen LogP contribution in [0.15, 0.2) is 30.3 Å². The van der Waals surface area contributed by atoms with Gasteiger partial charge in [0, 0.05) is 6.07 Å². The normalized spacial score (nSPS) is 11.0. The SMILES string of the molecule is N#Cc1cc(NC(=O)CCl)n(-c2ccc(C(F)(F)F)cc2)n1. The fourth-order valence-corrected chi connectivity index (χ4v) is 1.76. The summed E-state index contributed by atoms with van der Waals surface area (Å²) in [5.74, 6) is -0.693. The summed E-state index contributed by atoms with van der Waals surface area (Å²) in [5, 5.41) is 15.2. The lowest BCUT2D eigenvalue weighted by Gasteiger charge is -2.10. The number of nitriles is 1. The van der Waals surface area contributed by atoms with E-state index < -0.39 is 17.6 Å². The van der Waals surface area contributed by atoms with Crippen LogP contribution in [0.3, 0.4) is 0 Å². The van der Waals surface area contributed by atoms with Gasteiger partial charge in [-0.05, 0) is 24.3 Å². The first kappa shape index (κ1) is 15.9. The molecular formula is C13H8ClF3N4O. The topological polar surface area (TPSA) is 70.7 Å². The van der Waals surface area contributed by atoms with Gasteiger partial charge >= 0.3 is 6.18 Å². The molecule has 0 unspecified atom stereocenters. The third-order valence-electron chi connectivity index (χ3n) is 2.65. The highest BCUT2D eigenvalue weighted by molar-refractivity contribution is 6.29. The van der Waals surface area contributed by atoms with Crippen LogP contribution in [0.5, 0.6) is 0 Å². The molecule has 0 fully saturated rings. The number of nitrogens with zero attached hydrogens (tertiary/aromatic N) is 3. The molecule has 1 aromatic carbocycles. The second-order valence-electron chi connectivity index (χ2n) is 4.16. The van der Waals surface area contributed by atoms with Gasteiger partial charge in [-0.3, -0.25) is 4.79 Å². The van der Waals surface area contributed by atoms with Gasteiger partial charge in [0.1, 0.15) is 17.8 Å². The highest BCUT2D eigenvalue weighted by Gasteiger charge is 2.30. The maximum Gasteiger partial charge on any atom is 0.416 e. The van der Waals surface area contributed by atoms with Crippen LogP contribution in [-0.4, -0.2) is 21.6 Å². The van der Waals surface area contributed by atoms with Gasteiger partial charge in [-0.15, -0.1) is 11.6 Å². The summed E-state index contributed by atoms with van der Waals surface area (Å²) in [7, 11) is 0. The van der Waals surface area contributed by atoms with E-state index in [1.807, 2.05) is 0 Å². The summed E-state index contributed by atoms with van der Waals surface area (Å²) in [5.41, 5.74) is -0.542. The van der Waals surface area contributed by atoms with E-state index in [4.69, 9.17) is 16.9 Å². The first-order valence-electron chi connectivity index (χ1n) is 5.89. The molecule has 0 aliphatic carbocycles. The van der Waals surface area contributed by atoms with Crippen LogP contribution in [0.1, 0.15) is 11.3 Å². The number of carbonyl (C=O) groups is 1. The summed E-state index contributed by atoms with van der Waals surface area (Å²) >= 11 is 5.38. The summed E-state index contributed by atoms with van der Waals surface area (Å²) in [6.45, 7) is 0. The lowest BCUT2D eigenvalue weighted by Crippen LogP contribution is -2.16. The van der Waals surface area contributed by atoms with Crippen molar-refractivity contribution < 1.29 is 18.0 Å². The Morgan fingerprint density at radius 1 is 1.36 bits per heavy atom. The Kier molecular flexibility index (Phi) is 4.37. The zero-order valence-corrected chi connectivity index (χ0v) is 11.6. The third kappa shape index (κ3) is 3.38. The molecular weight excluding hydrogens is 321 g/mol. The number of halogens is 4. The number of anilines is 1. The van der Waals surface area contributed by atoms with E-state index >= 15 is 0 Å². The highest BCUT2D eigenvalue weighted by atomic mass is 35.5. The lowest BCUT2D eigenvalue weighted by molar-refractivity contribution is -0.137. The molecule has 9 heteroatoms. The maximum atomic E-state index is 12.5. The minimum atomic E-state index is -4.45. The number of carbonyl (C=O) groups excluding carboxylic acids is 1. The molecule has 1 amide bonds. The standard InChI is InChI=1S/C13H8ClF3N4O/c14-6-12(22)19-11-5-9(7-18)20-21(11)10-3-1-8(2-4-10)13(15,16)17/h1-5H,6H2,(H,19,22). The molecule has 0 bridgehead atoms. The molecule has 0 aliphatic heterocycles.